The zero-order valence-corrected chi connectivity index (χ0v) is 12.5. The predicted molar refractivity (Wildman–Crippen MR) is 73.7 cm³/mol. The number of halogens is 3. The Hall–Kier alpha value is -1.56. The number of ether oxygens (including phenoxy) is 1. The number of carbonyl (C=O) groups excluding carboxylic acids is 1. The van der Waals surface area contributed by atoms with Crippen LogP contribution in [0.15, 0.2) is 24.3 Å². The smallest absolute Gasteiger partial charge is 0.416 e. The van der Waals surface area contributed by atoms with Gasteiger partial charge in [0, 0.05) is 6.04 Å². The van der Waals surface area contributed by atoms with E-state index in [2.05, 4.69) is 5.32 Å². The summed E-state index contributed by atoms with van der Waals surface area (Å²) in [6, 6.07) is 4.55. The lowest BCUT2D eigenvalue weighted by Gasteiger charge is -2.31. The molecule has 0 heterocycles. The van der Waals surface area contributed by atoms with E-state index < -0.39 is 23.2 Å². The Kier molecular flexibility index (Phi) is 5.39. The number of carbonyl (C=O) groups is 1. The maximum atomic E-state index is 12.6. The number of esters is 1. The number of rotatable bonds is 5. The molecule has 1 N–H and O–H groups in total. The number of benzene rings is 1. The molecule has 3 nitrogen and oxygen atoms in total. The Morgan fingerprint density at radius 1 is 1.24 bits per heavy atom. The van der Waals surface area contributed by atoms with Crippen LogP contribution in [0.1, 0.15) is 38.3 Å². The van der Waals surface area contributed by atoms with Crippen molar-refractivity contribution in [2.24, 2.45) is 0 Å². The molecular formula is C15H20F3NO2. The summed E-state index contributed by atoms with van der Waals surface area (Å²) in [7, 11) is 1.25. The van der Waals surface area contributed by atoms with Crippen LogP contribution < -0.4 is 5.32 Å². The first-order chi connectivity index (χ1) is 9.65. The zero-order valence-electron chi connectivity index (χ0n) is 12.5. The van der Waals surface area contributed by atoms with E-state index in [-0.39, 0.29) is 6.04 Å². The van der Waals surface area contributed by atoms with Gasteiger partial charge in [0.05, 0.1) is 12.7 Å². The van der Waals surface area contributed by atoms with Crippen LogP contribution in [-0.2, 0) is 21.2 Å². The van der Waals surface area contributed by atoms with Gasteiger partial charge in [-0.2, -0.15) is 13.2 Å². The standard InChI is InChI=1S/C15H20F3NO2/c1-5-10(2)19-14(3,13(20)21-4)11-6-8-12(9-7-11)15(16,17)18/h6-10,19H,5H2,1-4H3. The van der Waals surface area contributed by atoms with Crippen molar-refractivity contribution in [2.45, 2.75) is 44.9 Å². The molecule has 21 heavy (non-hydrogen) atoms. The second-order valence-electron chi connectivity index (χ2n) is 5.15. The molecule has 1 aromatic rings. The van der Waals surface area contributed by atoms with Crippen molar-refractivity contribution in [3.8, 4) is 0 Å². The maximum absolute atomic E-state index is 12.6. The second kappa shape index (κ2) is 6.47. The van der Waals surface area contributed by atoms with Crippen LogP contribution in [0, 0.1) is 0 Å². The number of methoxy groups -OCH3 is 1. The Morgan fingerprint density at radius 3 is 2.10 bits per heavy atom. The van der Waals surface area contributed by atoms with Crippen molar-refractivity contribution >= 4 is 5.97 Å². The minimum absolute atomic E-state index is 0.0105. The Labute approximate surface area is 122 Å². The van der Waals surface area contributed by atoms with E-state index >= 15 is 0 Å². The van der Waals surface area contributed by atoms with Gasteiger partial charge in [0.25, 0.3) is 0 Å². The Bertz CT molecular complexity index is 485. The molecule has 0 aliphatic carbocycles. The molecule has 0 amide bonds. The average molecular weight is 303 g/mol. The van der Waals surface area contributed by atoms with Gasteiger partial charge < -0.3 is 4.74 Å². The predicted octanol–water partition coefficient (Wildman–Crippen LogP) is 3.48. The van der Waals surface area contributed by atoms with Crippen LogP contribution in [-0.4, -0.2) is 19.1 Å². The summed E-state index contributed by atoms with van der Waals surface area (Å²) in [6.45, 7) is 5.45. The van der Waals surface area contributed by atoms with Crippen molar-refractivity contribution in [3.63, 3.8) is 0 Å². The maximum Gasteiger partial charge on any atom is 0.416 e. The van der Waals surface area contributed by atoms with Gasteiger partial charge in [-0.05, 0) is 38.0 Å². The molecule has 0 radical (unpaired) electrons. The summed E-state index contributed by atoms with van der Waals surface area (Å²) >= 11 is 0. The summed E-state index contributed by atoms with van der Waals surface area (Å²) in [4.78, 5) is 12.1. The molecule has 6 heteroatoms. The first-order valence-electron chi connectivity index (χ1n) is 6.69. The second-order valence-corrected chi connectivity index (χ2v) is 5.15. The van der Waals surface area contributed by atoms with E-state index in [9.17, 15) is 18.0 Å². The van der Waals surface area contributed by atoms with Crippen LogP contribution in [0.5, 0.6) is 0 Å². The molecule has 0 saturated carbocycles. The molecule has 2 atom stereocenters. The third-order valence-corrected chi connectivity index (χ3v) is 3.53. The highest BCUT2D eigenvalue weighted by Crippen LogP contribution is 2.31. The fraction of sp³-hybridized carbons (Fsp3) is 0.533. The minimum Gasteiger partial charge on any atom is -0.467 e. The summed E-state index contributed by atoms with van der Waals surface area (Å²) in [5.41, 5.74) is -1.50. The quantitative estimate of drug-likeness (QED) is 0.846. The van der Waals surface area contributed by atoms with Crippen molar-refractivity contribution in [3.05, 3.63) is 35.4 Å². The highest BCUT2D eigenvalue weighted by molar-refractivity contribution is 5.82. The largest absolute Gasteiger partial charge is 0.467 e. The fourth-order valence-corrected chi connectivity index (χ4v) is 2.05. The SMILES string of the molecule is CCC(C)NC(C)(C(=O)OC)c1ccc(C(F)(F)F)cc1. The van der Waals surface area contributed by atoms with Gasteiger partial charge >= 0.3 is 12.1 Å². The van der Waals surface area contributed by atoms with Crippen molar-refractivity contribution in [2.75, 3.05) is 7.11 Å². The van der Waals surface area contributed by atoms with Gasteiger partial charge in [0.15, 0.2) is 0 Å². The molecule has 2 unspecified atom stereocenters. The summed E-state index contributed by atoms with van der Waals surface area (Å²) < 4.78 is 42.6. The van der Waals surface area contributed by atoms with E-state index in [0.717, 1.165) is 18.6 Å². The monoisotopic (exact) mass is 303 g/mol. The lowest BCUT2D eigenvalue weighted by atomic mass is 9.90. The molecule has 118 valence electrons. The molecule has 0 aliphatic rings. The normalized spacial score (nSPS) is 16.1. The van der Waals surface area contributed by atoms with E-state index in [1.165, 1.54) is 19.2 Å². The minimum atomic E-state index is -4.40. The Morgan fingerprint density at radius 2 is 1.71 bits per heavy atom. The van der Waals surface area contributed by atoms with Gasteiger partial charge in [-0.3, -0.25) is 5.32 Å². The van der Waals surface area contributed by atoms with Crippen LogP contribution in [0.4, 0.5) is 13.2 Å². The van der Waals surface area contributed by atoms with Crippen LogP contribution in [0.25, 0.3) is 0 Å². The average Bonchev–Trinajstić information content (AvgIpc) is 2.45. The van der Waals surface area contributed by atoms with Crippen LogP contribution in [0.2, 0.25) is 0 Å². The van der Waals surface area contributed by atoms with Gasteiger partial charge in [-0.15, -0.1) is 0 Å². The molecule has 0 aliphatic heterocycles. The lowest BCUT2D eigenvalue weighted by molar-refractivity contribution is -0.148. The van der Waals surface area contributed by atoms with Gasteiger partial charge in [-0.1, -0.05) is 19.1 Å². The molecule has 0 bridgehead atoms. The topological polar surface area (TPSA) is 38.3 Å². The molecule has 0 saturated heterocycles. The molecule has 0 fully saturated rings. The molecule has 0 spiro atoms. The molecule has 1 rings (SSSR count). The van der Waals surface area contributed by atoms with E-state index in [1.54, 1.807) is 6.92 Å². The first kappa shape index (κ1) is 17.5. The fourth-order valence-electron chi connectivity index (χ4n) is 2.05. The van der Waals surface area contributed by atoms with Gasteiger partial charge in [0.2, 0.25) is 0 Å². The van der Waals surface area contributed by atoms with Crippen molar-refractivity contribution in [1.29, 1.82) is 0 Å². The number of hydrogen-bond acceptors (Lipinski definition) is 3. The number of alkyl halides is 3. The van der Waals surface area contributed by atoms with Crippen LogP contribution in [0.3, 0.4) is 0 Å². The van der Waals surface area contributed by atoms with Crippen molar-refractivity contribution < 1.29 is 22.7 Å². The third kappa shape index (κ3) is 3.97. The van der Waals surface area contributed by atoms with E-state index in [0.29, 0.717) is 5.56 Å². The van der Waals surface area contributed by atoms with Gasteiger partial charge in [0.1, 0.15) is 5.54 Å². The third-order valence-electron chi connectivity index (χ3n) is 3.53. The highest BCUT2D eigenvalue weighted by Gasteiger charge is 2.38. The Balaban J connectivity index is 3.18. The van der Waals surface area contributed by atoms with Crippen molar-refractivity contribution in [1.82, 2.24) is 5.32 Å². The van der Waals surface area contributed by atoms with Crippen LogP contribution >= 0.6 is 0 Å². The zero-order chi connectivity index (χ0) is 16.3. The number of nitrogens with one attached hydrogen (secondary N) is 1. The first-order valence-corrected chi connectivity index (χ1v) is 6.69. The highest BCUT2D eigenvalue weighted by atomic mass is 19.4. The summed E-state index contributed by atoms with van der Waals surface area (Å²) in [5.74, 6) is -0.539. The van der Waals surface area contributed by atoms with Gasteiger partial charge in [-0.25, -0.2) is 4.79 Å². The summed E-state index contributed by atoms with van der Waals surface area (Å²) in [5, 5.41) is 3.11. The van der Waals surface area contributed by atoms with E-state index in [4.69, 9.17) is 4.74 Å². The molecular weight excluding hydrogens is 283 g/mol. The molecule has 1 aromatic carbocycles. The number of hydrogen-bond donors (Lipinski definition) is 1. The van der Waals surface area contributed by atoms with E-state index in [1.807, 2.05) is 13.8 Å². The molecule has 0 aromatic heterocycles. The summed E-state index contributed by atoms with van der Waals surface area (Å²) in [6.07, 6.45) is -3.63. The lowest BCUT2D eigenvalue weighted by Crippen LogP contribution is -2.51.